The molecule has 1 rings (SSSR count). The molecule has 0 aromatic carbocycles. The Morgan fingerprint density at radius 2 is 2.21 bits per heavy atom. The van der Waals surface area contributed by atoms with Crippen LogP contribution >= 0.6 is 15.9 Å². The molecule has 0 unspecified atom stereocenters. The molecule has 0 radical (unpaired) electrons. The molecule has 1 atom stereocenters. The first-order chi connectivity index (χ1) is 8.80. The van der Waals surface area contributed by atoms with Gasteiger partial charge in [0.2, 0.25) is 0 Å². The van der Waals surface area contributed by atoms with Gasteiger partial charge >= 0.3 is 6.09 Å². The fraction of sp³-hybridized carbons (Fsp3) is 0.538. The smallest absolute Gasteiger partial charge is 0.407 e. The van der Waals surface area contributed by atoms with E-state index in [1.807, 2.05) is 18.2 Å². The first-order valence-electron chi connectivity index (χ1n) is 6.02. The summed E-state index contributed by atoms with van der Waals surface area (Å²) in [5, 5.41) is 11.9. The van der Waals surface area contributed by atoms with Crippen molar-refractivity contribution in [3.05, 3.63) is 28.5 Å². The second kappa shape index (κ2) is 6.86. The zero-order valence-corrected chi connectivity index (χ0v) is 12.9. The van der Waals surface area contributed by atoms with Crippen LogP contribution in [-0.2, 0) is 11.2 Å². The molecule has 0 aliphatic rings. The minimum atomic E-state index is -0.557. The number of hydrogen-bond acceptors (Lipinski definition) is 4. The van der Waals surface area contributed by atoms with Gasteiger partial charge in [0.25, 0.3) is 0 Å². The molecular weight excluding hydrogens is 312 g/mol. The Balaban J connectivity index is 2.57. The number of alkyl carbamates (subject to hydrolysis) is 1. The van der Waals surface area contributed by atoms with E-state index in [0.717, 1.165) is 10.3 Å². The summed E-state index contributed by atoms with van der Waals surface area (Å²) in [4.78, 5) is 15.9. The quantitative estimate of drug-likeness (QED) is 0.831. The number of aliphatic hydroxyl groups excluding tert-OH is 1. The van der Waals surface area contributed by atoms with Crippen LogP contribution in [0.3, 0.4) is 0 Å². The SMILES string of the molecule is CC(C)(C)OC(=O)N[C@@H](CO)Cc1cccc(Br)n1. The average molecular weight is 331 g/mol. The predicted molar refractivity (Wildman–Crippen MR) is 75.9 cm³/mol. The van der Waals surface area contributed by atoms with Crippen molar-refractivity contribution in [2.75, 3.05) is 6.61 Å². The first-order valence-corrected chi connectivity index (χ1v) is 6.81. The second-order valence-corrected chi connectivity index (χ2v) is 5.99. The molecule has 1 amide bonds. The number of rotatable bonds is 4. The molecule has 1 heterocycles. The van der Waals surface area contributed by atoms with Gasteiger partial charge in [-0.1, -0.05) is 6.07 Å². The summed E-state index contributed by atoms with van der Waals surface area (Å²) in [5.41, 5.74) is 0.225. The third kappa shape index (κ3) is 6.54. The average Bonchev–Trinajstić information content (AvgIpc) is 2.25. The van der Waals surface area contributed by atoms with E-state index in [1.54, 1.807) is 20.8 Å². The fourth-order valence-corrected chi connectivity index (χ4v) is 1.83. The van der Waals surface area contributed by atoms with Gasteiger partial charge in [-0.05, 0) is 48.8 Å². The number of halogens is 1. The molecule has 6 heteroatoms. The van der Waals surface area contributed by atoms with Crippen molar-refractivity contribution < 1.29 is 14.6 Å². The van der Waals surface area contributed by atoms with E-state index in [0.29, 0.717) is 6.42 Å². The van der Waals surface area contributed by atoms with Gasteiger partial charge in [0.1, 0.15) is 10.2 Å². The van der Waals surface area contributed by atoms with Crippen LogP contribution in [0.15, 0.2) is 22.8 Å². The zero-order chi connectivity index (χ0) is 14.5. The number of ether oxygens (including phenoxy) is 1. The van der Waals surface area contributed by atoms with Gasteiger partial charge in [-0.3, -0.25) is 0 Å². The lowest BCUT2D eigenvalue weighted by Gasteiger charge is -2.22. The first kappa shape index (κ1) is 15.9. The van der Waals surface area contributed by atoms with Crippen molar-refractivity contribution in [1.29, 1.82) is 0 Å². The van der Waals surface area contributed by atoms with Crippen molar-refractivity contribution in [2.45, 2.75) is 38.8 Å². The minimum absolute atomic E-state index is 0.173. The van der Waals surface area contributed by atoms with Crippen molar-refractivity contribution >= 4 is 22.0 Å². The second-order valence-electron chi connectivity index (χ2n) is 5.18. The molecule has 0 spiro atoms. The molecule has 5 nitrogen and oxygen atoms in total. The number of hydrogen-bond donors (Lipinski definition) is 2. The lowest BCUT2D eigenvalue weighted by molar-refractivity contribution is 0.0482. The van der Waals surface area contributed by atoms with Gasteiger partial charge in [-0.15, -0.1) is 0 Å². The third-order valence-electron chi connectivity index (χ3n) is 2.17. The highest BCUT2D eigenvalue weighted by molar-refractivity contribution is 9.10. The van der Waals surface area contributed by atoms with Crippen molar-refractivity contribution in [3.63, 3.8) is 0 Å². The fourth-order valence-electron chi connectivity index (χ4n) is 1.45. The highest BCUT2D eigenvalue weighted by atomic mass is 79.9. The van der Waals surface area contributed by atoms with Gasteiger partial charge in [-0.2, -0.15) is 0 Å². The minimum Gasteiger partial charge on any atom is -0.444 e. The number of amides is 1. The highest BCUT2D eigenvalue weighted by Gasteiger charge is 2.19. The van der Waals surface area contributed by atoms with Crippen LogP contribution in [0.4, 0.5) is 4.79 Å². The summed E-state index contributed by atoms with van der Waals surface area (Å²) < 4.78 is 5.86. The van der Waals surface area contributed by atoms with Crippen LogP contribution in [0, 0.1) is 0 Å². The summed E-state index contributed by atoms with van der Waals surface area (Å²) >= 11 is 3.28. The van der Waals surface area contributed by atoms with Gasteiger partial charge in [0.05, 0.1) is 12.6 Å². The van der Waals surface area contributed by atoms with E-state index in [-0.39, 0.29) is 6.61 Å². The monoisotopic (exact) mass is 330 g/mol. The number of nitrogens with zero attached hydrogens (tertiary/aromatic N) is 1. The normalized spacial score (nSPS) is 12.9. The molecular formula is C13H19BrN2O3. The maximum atomic E-state index is 11.6. The molecule has 0 saturated heterocycles. The molecule has 1 aromatic heterocycles. The summed E-state index contributed by atoms with van der Waals surface area (Å²) in [6.07, 6.45) is -0.101. The maximum absolute atomic E-state index is 11.6. The number of aromatic nitrogens is 1. The number of carbonyl (C=O) groups is 1. The molecule has 0 bridgehead atoms. The third-order valence-corrected chi connectivity index (χ3v) is 2.61. The standard InChI is InChI=1S/C13H19BrN2O3/c1-13(2,3)19-12(18)16-10(8-17)7-9-5-4-6-11(14)15-9/h4-6,10,17H,7-8H2,1-3H3,(H,16,18)/t10-/m1/s1. The van der Waals surface area contributed by atoms with Gasteiger partial charge in [0, 0.05) is 12.1 Å². The summed E-state index contributed by atoms with van der Waals surface area (Å²) in [5.74, 6) is 0. The van der Waals surface area contributed by atoms with E-state index in [2.05, 4.69) is 26.2 Å². The Morgan fingerprint density at radius 1 is 1.53 bits per heavy atom. The zero-order valence-electron chi connectivity index (χ0n) is 11.3. The van der Waals surface area contributed by atoms with E-state index >= 15 is 0 Å². The van der Waals surface area contributed by atoms with E-state index in [9.17, 15) is 9.90 Å². The van der Waals surface area contributed by atoms with Crippen molar-refractivity contribution in [3.8, 4) is 0 Å². The van der Waals surface area contributed by atoms with Gasteiger partial charge in [-0.25, -0.2) is 9.78 Å². The summed E-state index contributed by atoms with van der Waals surface area (Å²) in [7, 11) is 0. The molecule has 0 aliphatic carbocycles. The molecule has 0 fully saturated rings. The number of nitrogens with one attached hydrogen (secondary N) is 1. The Morgan fingerprint density at radius 3 is 2.74 bits per heavy atom. The van der Waals surface area contributed by atoms with Gasteiger partial charge < -0.3 is 15.2 Å². The lowest BCUT2D eigenvalue weighted by Crippen LogP contribution is -2.42. The highest BCUT2D eigenvalue weighted by Crippen LogP contribution is 2.09. The van der Waals surface area contributed by atoms with Crippen LogP contribution in [-0.4, -0.2) is 34.4 Å². The lowest BCUT2D eigenvalue weighted by atomic mass is 10.1. The Labute approximate surface area is 121 Å². The molecule has 1 aromatic rings. The Kier molecular flexibility index (Phi) is 5.75. The molecule has 0 aliphatic heterocycles. The summed E-state index contributed by atoms with van der Waals surface area (Å²) in [6, 6.07) is 5.09. The summed E-state index contributed by atoms with van der Waals surface area (Å²) in [6.45, 7) is 5.19. The van der Waals surface area contributed by atoms with Crippen molar-refractivity contribution in [1.82, 2.24) is 10.3 Å². The predicted octanol–water partition coefficient (Wildman–Crippen LogP) is 2.27. The van der Waals surface area contributed by atoms with Crippen LogP contribution in [0.1, 0.15) is 26.5 Å². The largest absolute Gasteiger partial charge is 0.444 e. The number of pyridine rings is 1. The van der Waals surface area contributed by atoms with Crippen molar-refractivity contribution in [2.24, 2.45) is 0 Å². The number of carbonyl (C=O) groups excluding carboxylic acids is 1. The topological polar surface area (TPSA) is 71.5 Å². The van der Waals surface area contributed by atoms with E-state index < -0.39 is 17.7 Å². The Bertz CT molecular complexity index is 432. The number of aliphatic hydroxyl groups is 1. The van der Waals surface area contributed by atoms with Crippen LogP contribution in [0.5, 0.6) is 0 Å². The van der Waals surface area contributed by atoms with Gasteiger partial charge in [0.15, 0.2) is 0 Å². The molecule has 2 N–H and O–H groups in total. The van der Waals surface area contributed by atoms with Crippen LogP contribution < -0.4 is 5.32 Å². The van der Waals surface area contributed by atoms with E-state index in [4.69, 9.17) is 4.74 Å². The molecule has 0 saturated carbocycles. The van der Waals surface area contributed by atoms with Crippen LogP contribution in [0.2, 0.25) is 0 Å². The Hall–Kier alpha value is -1.14. The van der Waals surface area contributed by atoms with Crippen LogP contribution in [0.25, 0.3) is 0 Å². The molecule has 106 valence electrons. The molecule has 19 heavy (non-hydrogen) atoms. The maximum Gasteiger partial charge on any atom is 0.407 e. The van der Waals surface area contributed by atoms with E-state index in [1.165, 1.54) is 0 Å².